The lowest BCUT2D eigenvalue weighted by Gasteiger charge is -2.16. The first-order valence-corrected chi connectivity index (χ1v) is 5.67. The van der Waals surface area contributed by atoms with Gasteiger partial charge in [-0.1, -0.05) is 45.4 Å². The molecule has 1 rings (SSSR count). The second kappa shape index (κ2) is 6.47. The minimum Gasteiger partial charge on any atom is -0.314 e. The highest BCUT2D eigenvalue weighted by Gasteiger charge is 2.08. The largest absolute Gasteiger partial charge is 0.314 e. The lowest BCUT2D eigenvalue weighted by molar-refractivity contribution is 0.444. The topological polar surface area (TPSA) is 12.0 Å². The normalized spacial score (nSPS) is 22.8. The van der Waals surface area contributed by atoms with E-state index < -0.39 is 0 Å². The van der Waals surface area contributed by atoms with Gasteiger partial charge in [-0.3, -0.25) is 0 Å². The average Bonchev–Trinajstić information content (AvgIpc) is 2.19. The van der Waals surface area contributed by atoms with Crippen LogP contribution in [0.3, 0.4) is 0 Å². The van der Waals surface area contributed by atoms with Crippen molar-refractivity contribution in [3.63, 3.8) is 0 Å². The van der Waals surface area contributed by atoms with Crippen LogP contribution in [0.15, 0.2) is 0 Å². The molecule has 0 aromatic carbocycles. The van der Waals surface area contributed by atoms with Crippen molar-refractivity contribution in [2.24, 2.45) is 0 Å². The number of hydrogen-bond acceptors (Lipinski definition) is 1. The van der Waals surface area contributed by atoms with Gasteiger partial charge in [0.1, 0.15) is 0 Å². The van der Waals surface area contributed by atoms with E-state index in [1.54, 1.807) is 0 Å². The molecule has 1 heteroatoms. The highest BCUT2D eigenvalue weighted by molar-refractivity contribution is 4.67. The summed E-state index contributed by atoms with van der Waals surface area (Å²) in [5, 5.41) is 3.58. The summed E-state index contributed by atoms with van der Waals surface area (Å²) in [7, 11) is 0. The van der Waals surface area contributed by atoms with Gasteiger partial charge in [-0.2, -0.15) is 0 Å². The quantitative estimate of drug-likeness (QED) is 0.670. The van der Waals surface area contributed by atoms with Crippen molar-refractivity contribution < 1.29 is 0 Å². The second-order valence-electron chi connectivity index (χ2n) is 3.95. The lowest BCUT2D eigenvalue weighted by atomic mass is 10.1. The third kappa shape index (κ3) is 4.10. The van der Waals surface area contributed by atoms with E-state index in [0.29, 0.717) is 0 Å². The molecule has 0 aromatic rings. The van der Waals surface area contributed by atoms with E-state index in [0.717, 1.165) is 12.6 Å². The molecule has 0 aromatic heterocycles. The van der Waals surface area contributed by atoms with Crippen molar-refractivity contribution in [1.29, 1.82) is 0 Å². The Balaban J connectivity index is 2.19. The van der Waals surface area contributed by atoms with Gasteiger partial charge < -0.3 is 5.32 Å². The number of nitrogens with one attached hydrogen (secondary N) is 1. The molecule has 72 valence electrons. The second-order valence-corrected chi connectivity index (χ2v) is 3.95. The molecule has 0 saturated heterocycles. The fourth-order valence-corrected chi connectivity index (χ4v) is 2.13. The van der Waals surface area contributed by atoms with Gasteiger partial charge >= 0.3 is 0 Å². The molecule has 1 saturated carbocycles. The van der Waals surface area contributed by atoms with Crippen LogP contribution in [0.5, 0.6) is 0 Å². The molecule has 0 amide bonds. The zero-order valence-corrected chi connectivity index (χ0v) is 8.44. The predicted octanol–water partition coefficient (Wildman–Crippen LogP) is 3.10. The summed E-state index contributed by atoms with van der Waals surface area (Å²) in [5.41, 5.74) is 0. The van der Waals surface area contributed by atoms with Crippen LogP contribution in [0.1, 0.15) is 58.3 Å². The summed E-state index contributed by atoms with van der Waals surface area (Å²) < 4.78 is 0. The van der Waals surface area contributed by atoms with E-state index in [4.69, 9.17) is 0 Å². The van der Waals surface area contributed by atoms with E-state index in [-0.39, 0.29) is 0 Å². The molecule has 0 radical (unpaired) electrons. The van der Waals surface area contributed by atoms with Crippen LogP contribution in [-0.2, 0) is 0 Å². The van der Waals surface area contributed by atoms with Crippen LogP contribution >= 0.6 is 0 Å². The molecule has 0 aliphatic heterocycles. The first-order chi connectivity index (χ1) is 5.93. The average molecular weight is 169 g/mol. The van der Waals surface area contributed by atoms with Crippen LogP contribution in [0.25, 0.3) is 0 Å². The minimum atomic E-state index is 0.827. The SMILES string of the molecule is CCNC1CCCCCCCC1. The molecular formula is C11H23N. The van der Waals surface area contributed by atoms with E-state index in [9.17, 15) is 0 Å². The van der Waals surface area contributed by atoms with Gasteiger partial charge in [-0.05, 0) is 19.4 Å². The fourth-order valence-electron chi connectivity index (χ4n) is 2.13. The maximum Gasteiger partial charge on any atom is 0.00669 e. The van der Waals surface area contributed by atoms with Crippen molar-refractivity contribution in [3.8, 4) is 0 Å². The van der Waals surface area contributed by atoms with Gasteiger partial charge in [0.15, 0.2) is 0 Å². The maximum absolute atomic E-state index is 3.58. The highest BCUT2D eigenvalue weighted by Crippen LogP contribution is 2.16. The van der Waals surface area contributed by atoms with E-state index >= 15 is 0 Å². The Labute approximate surface area is 76.9 Å². The third-order valence-electron chi connectivity index (χ3n) is 2.85. The maximum atomic E-state index is 3.58. The van der Waals surface area contributed by atoms with Crippen molar-refractivity contribution in [2.45, 2.75) is 64.3 Å². The highest BCUT2D eigenvalue weighted by atomic mass is 14.9. The van der Waals surface area contributed by atoms with Crippen molar-refractivity contribution in [3.05, 3.63) is 0 Å². The third-order valence-corrected chi connectivity index (χ3v) is 2.85. The van der Waals surface area contributed by atoms with E-state index in [1.807, 2.05) is 0 Å². The molecule has 0 spiro atoms. The molecule has 1 aliphatic rings. The van der Waals surface area contributed by atoms with Crippen molar-refractivity contribution >= 4 is 0 Å². The molecule has 1 aliphatic carbocycles. The minimum absolute atomic E-state index is 0.827. The summed E-state index contributed by atoms with van der Waals surface area (Å²) in [6.07, 6.45) is 11.6. The molecule has 1 fully saturated rings. The van der Waals surface area contributed by atoms with E-state index in [2.05, 4.69) is 12.2 Å². The molecule has 1 N–H and O–H groups in total. The Morgan fingerprint density at radius 1 is 0.917 bits per heavy atom. The molecule has 0 bridgehead atoms. The molecular weight excluding hydrogens is 146 g/mol. The zero-order valence-electron chi connectivity index (χ0n) is 8.44. The summed E-state index contributed by atoms with van der Waals surface area (Å²) >= 11 is 0. The first-order valence-electron chi connectivity index (χ1n) is 5.67. The molecule has 12 heavy (non-hydrogen) atoms. The number of hydrogen-bond donors (Lipinski definition) is 1. The molecule has 0 atom stereocenters. The van der Waals surface area contributed by atoms with Crippen LogP contribution in [0, 0.1) is 0 Å². The van der Waals surface area contributed by atoms with Crippen molar-refractivity contribution in [2.75, 3.05) is 6.54 Å². The Hall–Kier alpha value is -0.0400. The first kappa shape index (κ1) is 10.0. The predicted molar refractivity (Wildman–Crippen MR) is 54.4 cm³/mol. The van der Waals surface area contributed by atoms with Crippen LogP contribution in [0.4, 0.5) is 0 Å². The standard InChI is InChI=1S/C11H23N/c1-2-12-11-9-7-5-3-4-6-8-10-11/h11-12H,2-10H2,1H3. The molecule has 1 nitrogen and oxygen atoms in total. The Bertz CT molecular complexity index is 91.2. The van der Waals surface area contributed by atoms with Crippen LogP contribution in [0.2, 0.25) is 0 Å². The molecule has 0 unspecified atom stereocenters. The fraction of sp³-hybridized carbons (Fsp3) is 1.00. The van der Waals surface area contributed by atoms with Gasteiger partial charge in [0.2, 0.25) is 0 Å². The van der Waals surface area contributed by atoms with E-state index in [1.165, 1.54) is 51.4 Å². The van der Waals surface area contributed by atoms with Gasteiger partial charge in [0.05, 0.1) is 0 Å². The summed E-state index contributed by atoms with van der Waals surface area (Å²) in [6, 6.07) is 0.827. The smallest absolute Gasteiger partial charge is 0.00669 e. The Morgan fingerprint density at radius 2 is 1.42 bits per heavy atom. The van der Waals surface area contributed by atoms with Crippen LogP contribution < -0.4 is 5.32 Å². The summed E-state index contributed by atoms with van der Waals surface area (Å²) in [4.78, 5) is 0. The van der Waals surface area contributed by atoms with Crippen LogP contribution in [-0.4, -0.2) is 12.6 Å². The van der Waals surface area contributed by atoms with Crippen molar-refractivity contribution in [1.82, 2.24) is 5.32 Å². The zero-order chi connectivity index (χ0) is 8.65. The van der Waals surface area contributed by atoms with Gasteiger partial charge in [0, 0.05) is 6.04 Å². The lowest BCUT2D eigenvalue weighted by Crippen LogP contribution is -2.28. The molecule has 0 heterocycles. The summed E-state index contributed by atoms with van der Waals surface area (Å²) in [5.74, 6) is 0. The van der Waals surface area contributed by atoms with Gasteiger partial charge in [-0.25, -0.2) is 0 Å². The number of rotatable bonds is 2. The Morgan fingerprint density at radius 3 is 1.92 bits per heavy atom. The monoisotopic (exact) mass is 169 g/mol. The van der Waals surface area contributed by atoms with Gasteiger partial charge in [0.25, 0.3) is 0 Å². The Kier molecular flexibility index (Phi) is 5.42. The summed E-state index contributed by atoms with van der Waals surface area (Å²) in [6.45, 7) is 3.36. The van der Waals surface area contributed by atoms with Gasteiger partial charge in [-0.15, -0.1) is 0 Å².